The molecule has 1 amide bonds. The summed E-state index contributed by atoms with van der Waals surface area (Å²) < 4.78 is 1.60. The monoisotopic (exact) mass is 598 g/mol. The van der Waals surface area contributed by atoms with Gasteiger partial charge in [0.15, 0.2) is 0 Å². The third-order valence-corrected chi connectivity index (χ3v) is 6.78. The second kappa shape index (κ2) is 16.9. The van der Waals surface area contributed by atoms with Gasteiger partial charge in [-0.05, 0) is 31.2 Å². The van der Waals surface area contributed by atoms with Gasteiger partial charge in [-0.1, -0.05) is 11.1 Å². The van der Waals surface area contributed by atoms with E-state index in [0.29, 0.717) is 58.1 Å². The standard InChI is InChI=1S/C28H38N8O7/c1-2-3-22-4-6-24(7-5-22)36-17-23(30-31-36)16-29-25(37)18-32-8-10-33(19-26(38)39)12-14-35(21-28(42)43)15-13-34(11-9-32)20-27(40)41/h4-7,17H,8-16,18-21H2,1H3,(H,29,37)(H,38,39)(H,40,41)(H,42,43). The fraction of sp³-hybridized carbons (Fsp3) is 0.500. The summed E-state index contributed by atoms with van der Waals surface area (Å²) in [6.07, 6.45) is 1.72. The molecule has 1 aliphatic rings. The first-order valence-corrected chi connectivity index (χ1v) is 13.9. The molecule has 0 unspecified atom stereocenters. The maximum absolute atomic E-state index is 12.9. The molecule has 0 radical (unpaired) electrons. The van der Waals surface area contributed by atoms with E-state index in [4.69, 9.17) is 0 Å². The third-order valence-electron chi connectivity index (χ3n) is 6.78. The van der Waals surface area contributed by atoms with Crippen LogP contribution in [0.15, 0.2) is 30.5 Å². The molecule has 15 nitrogen and oxygen atoms in total. The molecule has 1 aliphatic heterocycles. The summed E-state index contributed by atoms with van der Waals surface area (Å²) in [7, 11) is 0. The van der Waals surface area contributed by atoms with Crippen LogP contribution in [0.3, 0.4) is 0 Å². The van der Waals surface area contributed by atoms with Gasteiger partial charge in [0.25, 0.3) is 0 Å². The van der Waals surface area contributed by atoms with E-state index in [2.05, 4.69) is 27.5 Å². The lowest BCUT2D eigenvalue weighted by Gasteiger charge is -2.32. The van der Waals surface area contributed by atoms with Gasteiger partial charge in [0.2, 0.25) is 5.91 Å². The zero-order valence-electron chi connectivity index (χ0n) is 24.2. The second-order valence-corrected chi connectivity index (χ2v) is 10.1. The minimum Gasteiger partial charge on any atom is -0.480 e. The molecule has 2 heterocycles. The number of carbonyl (C=O) groups excluding carboxylic acids is 1. The van der Waals surface area contributed by atoms with Crippen molar-refractivity contribution >= 4 is 23.8 Å². The number of carbonyl (C=O) groups is 4. The summed E-state index contributed by atoms with van der Waals surface area (Å²) in [5.41, 5.74) is 2.25. The van der Waals surface area contributed by atoms with Crippen molar-refractivity contribution in [3.63, 3.8) is 0 Å². The molecule has 1 aromatic heterocycles. The highest BCUT2D eigenvalue weighted by Crippen LogP contribution is 2.09. The zero-order chi connectivity index (χ0) is 31.2. The van der Waals surface area contributed by atoms with Crippen LogP contribution in [0.2, 0.25) is 0 Å². The van der Waals surface area contributed by atoms with Gasteiger partial charge in [-0.25, -0.2) is 4.68 Å². The Morgan fingerprint density at radius 3 is 1.60 bits per heavy atom. The molecule has 1 fully saturated rings. The Balaban J connectivity index is 1.62. The first-order chi connectivity index (χ1) is 20.6. The van der Waals surface area contributed by atoms with Crippen molar-refractivity contribution < 1.29 is 34.5 Å². The number of aromatic nitrogens is 3. The van der Waals surface area contributed by atoms with Crippen LogP contribution >= 0.6 is 0 Å². The number of nitrogens with one attached hydrogen (secondary N) is 1. The molecule has 0 spiro atoms. The number of carboxylic acids is 3. The number of hydrogen-bond donors (Lipinski definition) is 4. The van der Waals surface area contributed by atoms with Gasteiger partial charge in [-0.2, -0.15) is 0 Å². The number of rotatable bonds is 11. The summed E-state index contributed by atoms with van der Waals surface area (Å²) in [4.78, 5) is 54.1. The van der Waals surface area contributed by atoms with Gasteiger partial charge in [0, 0.05) is 57.9 Å². The highest BCUT2D eigenvalue weighted by atomic mass is 16.4. The first kappa shape index (κ1) is 33.1. The highest BCUT2D eigenvalue weighted by molar-refractivity contribution is 5.78. The van der Waals surface area contributed by atoms with Gasteiger partial charge in [0.1, 0.15) is 5.69 Å². The summed E-state index contributed by atoms with van der Waals surface area (Å²) >= 11 is 0. The number of amides is 1. The van der Waals surface area contributed by atoms with E-state index in [0.717, 1.165) is 11.3 Å². The summed E-state index contributed by atoms with van der Waals surface area (Å²) in [6.45, 7) is 3.85. The molecule has 2 aromatic rings. The fourth-order valence-electron chi connectivity index (χ4n) is 4.58. The first-order valence-electron chi connectivity index (χ1n) is 13.9. The van der Waals surface area contributed by atoms with Crippen molar-refractivity contribution in [1.82, 2.24) is 39.9 Å². The summed E-state index contributed by atoms with van der Waals surface area (Å²) in [5.74, 6) is 2.53. The van der Waals surface area contributed by atoms with Crippen molar-refractivity contribution in [2.24, 2.45) is 0 Å². The van der Waals surface area contributed by atoms with Gasteiger partial charge in [-0.15, -0.1) is 11.0 Å². The van der Waals surface area contributed by atoms with Crippen molar-refractivity contribution in [1.29, 1.82) is 0 Å². The number of aliphatic carboxylic acids is 3. The number of carboxylic acid groups (broad SMARTS) is 3. The van der Waals surface area contributed by atoms with E-state index < -0.39 is 17.9 Å². The minimum atomic E-state index is -1.02. The normalized spacial score (nSPS) is 16.3. The van der Waals surface area contributed by atoms with Gasteiger partial charge < -0.3 is 20.6 Å². The van der Waals surface area contributed by atoms with E-state index in [1.165, 1.54) is 0 Å². The van der Waals surface area contributed by atoms with Gasteiger partial charge >= 0.3 is 17.9 Å². The Hall–Kier alpha value is -4.36. The molecule has 1 aromatic carbocycles. The lowest BCUT2D eigenvalue weighted by atomic mass is 10.2. The maximum atomic E-state index is 12.9. The van der Waals surface area contributed by atoms with Crippen LogP contribution in [0.5, 0.6) is 0 Å². The van der Waals surface area contributed by atoms with Crippen LogP contribution in [0.1, 0.15) is 18.2 Å². The highest BCUT2D eigenvalue weighted by Gasteiger charge is 2.21. The smallest absolute Gasteiger partial charge is 0.317 e. The molecule has 43 heavy (non-hydrogen) atoms. The van der Waals surface area contributed by atoms with E-state index in [1.807, 2.05) is 29.2 Å². The fourth-order valence-corrected chi connectivity index (χ4v) is 4.58. The van der Waals surface area contributed by atoms with Gasteiger partial charge in [-0.3, -0.25) is 38.8 Å². The van der Waals surface area contributed by atoms with E-state index in [-0.39, 0.29) is 38.6 Å². The SMILES string of the molecule is CC#Cc1ccc(-n2cc(CNC(=O)CN3CCN(CC(=O)O)CCN(CC(=O)O)CCN(CC(=O)O)CC3)nn2)cc1. The van der Waals surface area contributed by atoms with Crippen molar-refractivity contribution in [2.45, 2.75) is 13.5 Å². The molecule has 0 aliphatic carbocycles. The van der Waals surface area contributed by atoms with Gasteiger partial charge in [0.05, 0.1) is 44.6 Å². The Morgan fingerprint density at radius 2 is 1.19 bits per heavy atom. The lowest BCUT2D eigenvalue weighted by Crippen LogP contribution is -2.49. The second-order valence-electron chi connectivity index (χ2n) is 10.1. The Labute approximate surface area is 249 Å². The molecule has 0 atom stereocenters. The largest absolute Gasteiger partial charge is 0.480 e. The Kier molecular flexibility index (Phi) is 13.0. The van der Waals surface area contributed by atoms with E-state index in [1.54, 1.807) is 32.5 Å². The molecule has 1 saturated heterocycles. The van der Waals surface area contributed by atoms with Crippen LogP contribution in [-0.4, -0.2) is 152 Å². The van der Waals surface area contributed by atoms with Crippen molar-refractivity contribution in [2.75, 3.05) is 78.5 Å². The van der Waals surface area contributed by atoms with Crippen LogP contribution in [0.25, 0.3) is 5.69 Å². The number of benzene rings is 1. The van der Waals surface area contributed by atoms with Crippen LogP contribution in [0.4, 0.5) is 0 Å². The molecule has 4 N–H and O–H groups in total. The van der Waals surface area contributed by atoms with E-state index >= 15 is 0 Å². The number of nitrogens with zero attached hydrogens (tertiary/aromatic N) is 7. The average Bonchev–Trinajstić information content (AvgIpc) is 3.42. The molecular weight excluding hydrogens is 560 g/mol. The van der Waals surface area contributed by atoms with Crippen molar-refractivity contribution in [3.05, 3.63) is 41.7 Å². The van der Waals surface area contributed by atoms with Crippen LogP contribution < -0.4 is 5.32 Å². The van der Waals surface area contributed by atoms with Crippen molar-refractivity contribution in [3.8, 4) is 17.5 Å². The molecule has 0 bridgehead atoms. The number of hydrogen-bond acceptors (Lipinski definition) is 10. The lowest BCUT2D eigenvalue weighted by molar-refractivity contribution is -0.140. The topological polar surface area (TPSA) is 185 Å². The molecule has 3 rings (SSSR count). The predicted octanol–water partition coefficient (Wildman–Crippen LogP) is -1.27. The summed E-state index contributed by atoms with van der Waals surface area (Å²) in [5, 5.41) is 39.1. The quantitative estimate of drug-likeness (QED) is 0.225. The zero-order valence-corrected chi connectivity index (χ0v) is 24.2. The third kappa shape index (κ3) is 12.2. The predicted molar refractivity (Wildman–Crippen MR) is 154 cm³/mol. The molecular formula is C28H38N8O7. The molecule has 0 saturated carbocycles. The average molecular weight is 599 g/mol. The summed E-state index contributed by atoms with van der Waals surface area (Å²) in [6, 6.07) is 7.51. The maximum Gasteiger partial charge on any atom is 0.317 e. The minimum absolute atomic E-state index is 0.0149. The molecule has 15 heteroatoms. The Morgan fingerprint density at radius 1 is 0.744 bits per heavy atom. The van der Waals surface area contributed by atoms with Crippen LogP contribution in [0, 0.1) is 11.8 Å². The Bertz CT molecular complexity index is 1270. The molecule has 232 valence electrons. The van der Waals surface area contributed by atoms with Crippen LogP contribution in [-0.2, 0) is 25.7 Å². The van der Waals surface area contributed by atoms with E-state index in [9.17, 15) is 34.5 Å².